The molecule has 0 aliphatic heterocycles. The third kappa shape index (κ3) is 4.94. The Kier molecular flexibility index (Phi) is 5.17. The summed E-state index contributed by atoms with van der Waals surface area (Å²) < 4.78 is 31.1. The molecular weight excluding hydrogens is 312 g/mol. The summed E-state index contributed by atoms with van der Waals surface area (Å²) in [6.07, 6.45) is -1.15. The first-order valence-corrected chi connectivity index (χ1v) is 7.11. The maximum absolute atomic E-state index is 11.6. The fourth-order valence-electron chi connectivity index (χ4n) is 1.22. The van der Waals surface area contributed by atoms with E-state index in [1.54, 1.807) is 4.72 Å². The van der Waals surface area contributed by atoms with Crippen LogP contribution in [0.2, 0.25) is 5.02 Å². The smallest absolute Gasteiger partial charge is 0.422 e. The Morgan fingerprint density at radius 2 is 2.00 bits per heavy atom. The van der Waals surface area contributed by atoms with Gasteiger partial charge in [-0.3, -0.25) is 4.72 Å². The summed E-state index contributed by atoms with van der Waals surface area (Å²) in [6.45, 7) is 1.51. The fraction of sp³-hybridized carbons (Fsp3) is 0.200. The molecule has 0 unspecified atom stereocenters. The molecular formula is C10H11ClN2O6S. The lowest BCUT2D eigenvalue weighted by Crippen LogP contribution is -2.35. The zero-order valence-corrected chi connectivity index (χ0v) is 11.8. The summed E-state index contributed by atoms with van der Waals surface area (Å²) in [4.78, 5) is 21.8. The molecule has 0 fully saturated rings. The van der Waals surface area contributed by atoms with Gasteiger partial charge in [0.15, 0.2) is 0 Å². The van der Waals surface area contributed by atoms with E-state index in [4.69, 9.17) is 16.7 Å². The minimum atomic E-state index is -4.24. The Morgan fingerprint density at radius 1 is 1.35 bits per heavy atom. The van der Waals surface area contributed by atoms with Gasteiger partial charge in [-0.05, 0) is 25.1 Å². The van der Waals surface area contributed by atoms with Gasteiger partial charge >= 0.3 is 22.3 Å². The highest BCUT2D eigenvalue weighted by Crippen LogP contribution is 2.19. The van der Waals surface area contributed by atoms with E-state index in [1.807, 2.05) is 4.72 Å². The fourth-order valence-corrected chi connectivity index (χ4v) is 2.22. The number of anilines is 1. The van der Waals surface area contributed by atoms with Crippen LogP contribution in [0, 0.1) is 0 Å². The van der Waals surface area contributed by atoms with Gasteiger partial charge < -0.3 is 9.84 Å². The lowest BCUT2D eigenvalue weighted by Gasteiger charge is -2.10. The number of carbonyl (C=O) groups excluding carboxylic acids is 1. The van der Waals surface area contributed by atoms with Crippen LogP contribution in [-0.4, -0.2) is 32.2 Å². The number of carboxylic acids is 1. The van der Waals surface area contributed by atoms with Crippen molar-refractivity contribution in [3.8, 4) is 0 Å². The first-order valence-electron chi connectivity index (χ1n) is 5.24. The number of halogens is 1. The van der Waals surface area contributed by atoms with Crippen molar-refractivity contribution < 1.29 is 27.9 Å². The second-order valence-electron chi connectivity index (χ2n) is 3.46. The Morgan fingerprint density at radius 3 is 2.55 bits per heavy atom. The van der Waals surface area contributed by atoms with E-state index in [-0.39, 0.29) is 22.9 Å². The minimum absolute atomic E-state index is 0.00167. The number of aromatic carboxylic acids is 1. The molecule has 8 nitrogen and oxygen atoms in total. The maximum Gasteiger partial charge on any atom is 0.422 e. The quantitative estimate of drug-likeness (QED) is 0.754. The average molecular weight is 323 g/mol. The SMILES string of the molecule is CCOC(=O)NS(=O)(=O)Nc1cc(Cl)cc(C(=O)O)c1. The summed E-state index contributed by atoms with van der Waals surface area (Å²) in [6, 6.07) is 3.40. The number of hydrogen-bond donors (Lipinski definition) is 3. The van der Waals surface area contributed by atoms with Crippen molar-refractivity contribution in [2.75, 3.05) is 11.3 Å². The molecule has 20 heavy (non-hydrogen) atoms. The summed E-state index contributed by atoms with van der Waals surface area (Å²) in [5.41, 5.74) is -0.307. The van der Waals surface area contributed by atoms with E-state index in [1.165, 1.54) is 13.0 Å². The first kappa shape index (κ1) is 16.1. The number of rotatable bonds is 5. The van der Waals surface area contributed by atoms with Crippen molar-refractivity contribution in [3.63, 3.8) is 0 Å². The molecule has 0 spiro atoms. The molecule has 0 saturated heterocycles. The Hall–Kier alpha value is -2.00. The molecule has 0 aromatic heterocycles. The molecule has 0 saturated carbocycles. The molecule has 1 aromatic rings. The topological polar surface area (TPSA) is 122 Å². The van der Waals surface area contributed by atoms with Crippen LogP contribution in [0.5, 0.6) is 0 Å². The van der Waals surface area contributed by atoms with E-state index in [2.05, 4.69) is 4.74 Å². The Balaban J connectivity index is 2.92. The number of carbonyl (C=O) groups is 2. The van der Waals surface area contributed by atoms with Crippen molar-refractivity contribution in [2.45, 2.75) is 6.92 Å². The number of ether oxygens (including phenoxy) is 1. The summed E-state index contributed by atoms with van der Waals surface area (Å²) >= 11 is 5.67. The van der Waals surface area contributed by atoms with Crippen molar-refractivity contribution >= 4 is 39.6 Å². The maximum atomic E-state index is 11.6. The normalized spacial score (nSPS) is 10.7. The molecule has 1 aromatic carbocycles. The van der Waals surface area contributed by atoms with Crippen LogP contribution in [0.25, 0.3) is 0 Å². The van der Waals surface area contributed by atoms with Crippen molar-refractivity contribution in [3.05, 3.63) is 28.8 Å². The van der Waals surface area contributed by atoms with Gasteiger partial charge in [-0.1, -0.05) is 11.6 Å². The van der Waals surface area contributed by atoms with Gasteiger partial charge in [-0.15, -0.1) is 0 Å². The molecule has 0 aliphatic carbocycles. The van der Waals surface area contributed by atoms with Crippen molar-refractivity contribution in [1.82, 2.24) is 4.72 Å². The molecule has 1 rings (SSSR count). The van der Waals surface area contributed by atoms with Crippen LogP contribution < -0.4 is 9.44 Å². The predicted octanol–water partition coefficient (Wildman–Crippen LogP) is 1.44. The lowest BCUT2D eigenvalue weighted by molar-refractivity contribution is 0.0696. The van der Waals surface area contributed by atoms with Crippen LogP contribution in [-0.2, 0) is 14.9 Å². The zero-order chi connectivity index (χ0) is 15.3. The van der Waals surface area contributed by atoms with Crippen LogP contribution in [0.4, 0.5) is 10.5 Å². The first-order chi connectivity index (χ1) is 9.23. The van der Waals surface area contributed by atoms with Gasteiger partial charge in [-0.2, -0.15) is 8.42 Å². The number of carboxylic acid groups (broad SMARTS) is 1. The Labute approximate surface area is 119 Å². The van der Waals surface area contributed by atoms with E-state index in [9.17, 15) is 18.0 Å². The van der Waals surface area contributed by atoms with Gasteiger partial charge in [0.1, 0.15) is 0 Å². The van der Waals surface area contributed by atoms with Crippen LogP contribution in [0.15, 0.2) is 18.2 Å². The van der Waals surface area contributed by atoms with Crippen molar-refractivity contribution in [1.29, 1.82) is 0 Å². The molecule has 0 radical (unpaired) electrons. The molecule has 0 aliphatic rings. The number of amides is 1. The molecule has 110 valence electrons. The van der Waals surface area contributed by atoms with E-state index < -0.39 is 22.3 Å². The number of hydrogen-bond acceptors (Lipinski definition) is 5. The summed E-state index contributed by atoms with van der Waals surface area (Å²) in [7, 11) is -4.24. The molecule has 0 heterocycles. The largest absolute Gasteiger partial charge is 0.478 e. The standard InChI is InChI=1S/C10H11ClN2O6S/c1-2-19-10(16)13-20(17,18)12-8-4-6(9(14)15)3-7(11)5-8/h3-5,12H,2H2,1H3,(H,13,16)(H,14,15). The molecule has 0 bridgehead atoms. The predicted molar refractivity (Wildman–Crippen MR) is 71.1 cm³/mol. The molecule has 10 heteroatoms. The molecule has 0 atom stereocenters. The summed E-state index contributed by atoms with van der Waals surface area (Å²) in [5, 5.41) is 8.85. The highest BCUT2D eigenvalue weighted by Gasteiger charge is 2.16. The third-order valence-electron chi connectivity index (χ3n) is 1.89. The van der Waals surface area contributed by atoms with E-state index in [0.29, 0.717) is 0 Å². The highest BCUT2D eigenvalue weighted by molar-refractivity contribution is 7.91. The monoisotopic (exact) mass is 322 g/mol. The van der Waals surface area contributed by atoms with Gasteiger partial charge in [0.05, 0.1) is 17.9 Å². The molecule has 1 amide bonds. The average Bonchev–Trinajstić information content (AvgIpc) is 2.26. The highest BCUT2D eigenvalue weighted by atomic mass is 35.5. The third-order valence-corrected chi connectivity index (χ3v) is 3.05. The van der Waals surface area contributed by atoms with Crippen LogP contribution in [0.3, 0.4) is 0 Å². The van der Waals surface area contributed by atoms with Gasteiger partial charge in [0, 0.05) is 5.02 Å². The molecule has 3 N–H and O–H groups in total. The second kappa shape index (κ2) is 6.44. The minimum Gasteiger partial charge on any atom is -0.478 e. The van der Waals surface area contributed by atoms with Gasteiger partial charge in [0.2, 0.25) is 0 Å². The van der Waals surface area contributed by atoms with E-state index >= 15 is 0 Å². The van der Waals surface area contributed by atoms with Gasteiger partial charge in [0.25, 0.3) is 0 Å². The van der Waals surface area contributed by atoms with Crippen molar-refractivity contribution in [2.24, 2.45) is 0 Å². The number of nitrogens with one attached hydrogen (secondary N) is 2. The second-order valence-corrected chi connectivity index (χ2v) is 5.31. The van der Waals surface area contributed by atoms with E-state index in [0.717, 1.165) is 12.1 Å². The lowest BCUT2D eigenvalue weighted by atomic mass is 10.2. The van der Waals surface area contributed by atoms with Crippen LogP contribution >= 0.6 is 11.6 Å². The van der Waals surface area contributed by atoms with Crippen LogP contribution in [0.1, 0.15) is 17.3 Å². The zero-order valence-electron chi connectivity index (χ0n) is 10.2. The van der Waals surface area contributed by atoms with Gasteiger partial charge in [-0.25, -0.2) is 14.3 Å². The Bertz CT molecular complexity index is 631. The number of benzene rings is 1. The summed E-state index contributed by atoms with van der Waals surface area (Å²) in [5.74, 6) is -1.27.